The van der Waals surface area contributed by atoms with Gasteiger partial charge in [0.1, 0.15) is 11.6 Å². The molecule has 1 aliphatic heterocycles. The third-order valence-corrected chi connectivity index (χ3v) is 4.65. The Balaban J connectivity index is 3.05. The highest BCUT2D eigenvalue weighted by atomic mass is 16.2. The Bertz CT molecular complexity index is 392. The number of hydrogen-bond donors (Lipinski definition) is 1. The first-order valence-corrected chi connectivity index (χ1v) is 8.28. The van der Waals surface area contributed by atoms with Crippen LogP contribution in [0.3, 0.4) is 0 Å². The molecule has 122 valence electrons. The van der Waals surface area contributed by atoms with Gasteiger partial charge in [0, 0.05) is 6.04 Å². The quantitative estimate of drug-likeness (QED) is 0.819. The number of carbonyl (C=O) groups excluding carboxylic acids is 2. The predicted octanol–water partition coefficient (Wildman–Crippen LogP) is 2.96. The zero-order valence-corrected chi connectivity index (χ0v) is 14.7. The first-order chi connectivity index (χ1) is 9.64. The van der Waals surface area contributed by atoms with E-state index in [-0.39, 0.29) is 29.8 Å². The molecule has 1 heterocycles. The van der Waals surface area contributed by atoms with Crippen molar-refractivity contribution in [2.75, 3.05) is 0 Å². The fourth-order valence-corrected chi connectivity index (χ4v) is 2.99. The Hall–Kier alpha value is -1.06. The van der Waals surface area contributed by atoms with Crippen LogP contribution in [0.2, 0.25) is 0 Å². The molecule has 1 aliphatic rings. The molecule has 21 heavy (non-hydrogen) atoms. The van der Waals surface area contributed by atoms with Crippen LogP contribution in [0.1, 0.15) is 67.7 Å². The highest BCUT2D eigenvalue weighted by Gasteiger charge is 2.49. The second kappa shape index (κ2) is 6.80. The molecule has 0 saturated carbocycles. The Morgan fingerprint density at radius 3 is 2.14 bits per heavy atom. The first kappa shape index (κ1) is 18.0. The van der Waals surface area contributed by atoms with Crippen LogP contribution in [-0.4, -0.2) is 34.3 Å². The zero-order chi connectivity index (χ0) is 16.4. The van der Waals surface area contributed by atoms with Gasteiger partial charge < -0.3 is 10.2 Å². The fourth-order valence-electron chi connectivity index (χ4n) is 2.99. The summed E-state index contributed by atoms with van der Waals surface area (Å²) < 4.78 is 0. The molecule has 0 bridgehead atoms. The van der Waals surface area contributed by atoms with Gasteiger partial charge in [-0.05, 0) is 44.9 Å². The molecule has 3 unspecified atom stereocenters. The largest absolute Gasteiger partial charge is 0.340 e. The lowest BCUT2D eigenvalue weighted by Gasteiger charge is -2.48. The van der Waals surface area contributed by atoms with Gasteiger partial charge in [-0.25, -0.2) is 0 Å². The summed E-state index contributed by atoms with van der Waals surface area (Å²) in [5.74, 6) is 0.790. The minimum Gasteiger partial charge on any atom is -0.340 e. The Labute approximate surface area is 129 Å². The molecule has 2 amide bonds. The van der Waals surface area contributed by atoms with Crippen molar-refractivity contribution in [3.05, 3.63) is 0 Å². The number of piperazine rings is 1. The number of nitrogens with one attached hydrogen (secondary N) is 1. The van der Waals surface area contributed by atoms with Crippen LogP contribution in [0.25, 0.3) is 0 Å². The van der Waals surface area contributed by atoms with E-state index in [1.54, 1.807) is 0 Å². The van der Waals surface area contributed by atoms with Crippen molar-refractivity contribution in [3.8, 4) is 0 Å². The molecule has 0 aliphatic carbocycles. The van der Waals surface area contributed by atoms with Crippen LogP contribution >= 0.6 is 0 Å². The van der Waals surface area contributed by atoms with Crippen LogP contribution < -0.4 is 5.32 Å². The monoisotopic (exact) mass is 296 g/mol. The Kier molecular flexibility index (Phi) is 5.83. The highest BCUT2D eigenvalue weighted by Crippen LogP contribution is 2.28. The van der Waals surface area contributed by atoms with E-state index >= 15 is 0 Å². The van der Waals surface area contributed by atoms with Crippen LogP contribution in [0, 0.1) is 11.8 Å². The van der Waals surface area contributed by atoms with Crippen LogP contribution in [-0.2, 0) is 9.59 Å². The molecule has 4 heteroatoms. The third-order valence-electron chi connectivity index (χ3n) is 4.65. The van der Waals surface area contributed by atoms with Crippen LogP contribution in [0.5, 0.6) is 0 Å². The summed E-state index contributed by atoms with van der Waals surface area (Å²) >= 11 is 0. The van der Waals surface area contributed by atoms with Gasteiger partial charge in [0.05, 0.1) is 0 Å². The number of nitrogens with zero attached hydrogens (tertiary/aromatic N) is 1. The molecule has 1 fully saturated rings. The van der Waals surface area contributed by atoms with Crippen molar-refractivity contribution in [1.82, 2.24) is 10.2 Å². The van der Waals surface area contributed by atoms with E-state index in [1.807, 2.05) is 32.6 Å². The maximum absolute atomic E-state index is 12.9. The van der Waals surface area contributed by atoms with E-state index in [9.17, 15) is 9.59 Å². The molecule has 0 aromatic rings. The van der Waals surface area contributed by atoms with E-state index in [2.05, 4.69) is 26.1 Å². The second-order valence-corrected chi connectivity index (χ2v) is 7.40. The normalized spacial score (nSPS) is 28.2. The maximum atomic E-state index is 12.9. The molecule has 1 N–H and O–H groups in total. The minimum atomic E-state index is -0.755. The van der Waals surface area contributed by atoms with Crippen molar-refractivity contribution in [2.24, 2.45) is 11.8 Å². The van der Waals surface area contributed by atoms with Gasteiger partial charge in [-0.15, -0.1) is 0 Å². The maximum Gasteiger partial charge on any atom is 0.248 e. The van der Waals surface area contributed by atoms with E-state index in [0.717, 1.165) is 12.8 Å². The van der Waals surface area contributed by atoms with Crippen LogP contribution in [0.4, 0.5) is 0 Å². The Morgan fingerprint density at radius 1 is 1.14 bits per heavy atom. The van der Waals surface area contributed by atoms with E-state index in [1.165, 1.54) is 0 Å². The summed E-state index contributed by atoms with van der Waals surface area (Å²) in [5.41, 5.74) is -0.755. The summed E-state index contributed by atoms with van der Waals surface area (Å²) in [6.07, 6.45) is 2.63. The number of rotatable bonds is 6. The van der Waals surface area contributed by atoms with Gasteiger partial charge in [-0.2, -0.15) is 0 Å². The van der Waals surface area contributed by atoms with Crippen molar-refractivity contribution >= 4 is 11.8 Å². The van der Waals surface area contributed by atoms with Crippen molar-refractivity contribution < 1.29 is 9.59 Å². The molecule has 1 rings (SSSR count). The van der Waals surface area contributed by atoms with Crippen molar-refractivity contribution in [1.29, 1.82) is 0 Å². The predicted molar refractivity (Wildman–Crippen MR) is 85.8 cm³/mol. The fraction of sp³-hybridized carbons (Fsp3) is 0.882. The van der Waals surface area contributed by atoms with Crippen LogP contribution in [0.15, 0.2) is 0 Å². The van der Waals surface area contributed by atoms with E-state index in [0.29, 0.717) is 12.3 Å². The van der Waals surface area contributed by atoms with E-state index in [4.69, 9.17) is 0 Å². The summed E-state index contributed by atoms with van der Waals surface area (Å²) in [5, 5.41) is 2.94. The van der Waals surface area contributed by atoms with Gasteiger partial charge in [0.15, 0.2) is 0 Å². The van der Waals surface area contributed by atoms with Gasteiger partial charge >= 0.3 is 0 Å². The smallest absolute Gasteiger partial charge is 0.248 e. The average molecular weight is 296 g/mol. The Morgan fingerprint density at radius 2 is 1.71 bits per heavy atom. The molecule has 4 nitrogen and oxygen atoms in total. The average Bonchev–Trinajstić information content (AvgIpc) is 2.39. The lowest BCUT2D eigenvalue weighted by atomic mass is 9.86. The van der Waals surface area contributed by atoms with Gasteiger partial charge in [0.25, 0.3) is 0 Å². The molecular weight excluding hydrogens is 264 g/mol. The SMILES string of the molecule is CCC1(C)NC(=O)C(C(C)C)N(C(C)CCC(C)C)C1=O. The topological polar surface area (TPSA) is 49.4 Å². The zero-order valence-electron chi connectivity index (χ0n) is 14.7. The molecule has 0 aromatic carbocycles. The van der Waals surface area contributed by atoms with Crippen molar-refractivity contribution in [3.63, 3.8) is 0 Å². The molecule has 1 saturated heterocycles. The molecule has 0 aromatic heterocycles. The first-order valence-electron chi connectivity index (χ1n) is 8.28. The molecule has 0 spiro atoms. The van der Waals surface area contributed by atoms with Gasteiger partial charge in [-0.3, -0.25) is 9.59 Å². The molecular formula is C17H32N2O2. The van der Waals surface area contributed by atoms with Crippen molar-refractivity contribution in [2.45, 2.75) is 85.4 Å². The molecule has 3 atom stereocenters. The van der Waals surface area contributed by atoms with Gasteiger partial charge in [-0.1, -0.05) is 34.6 Å². The summed E-state index contributed by atoms with van der Waals surface area (Å²) in [6.45, 7) is 14.3. The summed E-state index contributed by atoms with van der Waals surface area (Å²) in [4.78, 5) is 27.3. The minimum absolute atomic E-state index is 0.00894. The summed E-state index contributed by atoms with van der Waals surface area (Å²) in [6, 6.07) is -0.247. The second-order valence-electron chi connectivity index (χ2n) is 7.40. The molecule has 0 radical (unpaired) electrons. The highest BCUT2D eigenvalue weighted by molar-refractivity contribution is 5.99. The lowest BCUT2D eigenvalue weighted by molar-refractivity contribution is -0.159. The van der Waals surface area contributed by atoms with Gasteiger partial charge in [0.2, 0.25) is 11.8 Å². The number of amides is 2. The third kappa shape index (κ3) is 3.78. The standard InChI is InChI=1S/C17H32N2O2/c1-8-17(7)16(21)19(13(6)10-9-11(2)3)14(12(4)5)15(20)18-17/h11-14H,8-10H2,1-7H3,(H,18,20). The number of hydrogen-bond acceptors (Lipinski definition) is 2. The lowest BCUT2D eigenvalue weighted by Crippen LogP contribution is -2.71. The number of carbonyl (C=O) groups is 2. The van der Waals surface area contributed by atoms with E-state index < -0.39 is 5.54 Å². The summed E-state index contributed by atoms with van der Waals surface area (Å²) in [7, 11) is 0.